The lowest BCUT2D eigenvalue weighted by atomic mass is 9.95. The standard InChI is InChI=1S/C16H25NO4/c1-11-15(20-10-12-8-6-5-7-9-12)13(17(2)3)14(18)16(19-4)21-11/h5-9,11,13-16,18H,10H2,1-4H3/t11-,13-,14-,15-,16+/m1/s1. The Kier molecular flexibility index (Phi) is 5.72. The van der Waals surface area contributed by atoms with Crippen LogP contribution in [0.1, 0.15) is 12.5 Å². The van der Waals surface area contributed by atoms with Crippen molar-refractivity contribution in [3.63, 3.8) is 0 Å². The molecule has 1 aliphatic heterocycles. The van der Waals surface area contributed by atoms with Gasteiger partial charge in [-0.25, -0.2) is 0 Å². The lowest BCUT2D eigenvalue weighted by Gasteiger charge is -2.45. The van der Waals surface area contributed by atoms with E-state index < -0.39 is 12.4 Å². The van der Waals surface area contributed by atoms with Gasteiger partial charge in [-0.05, 0) is 26.6 Å². The zero-order valence-corrected chi connectivity index (χ0v) is 13.1. The number of likely N-dealkylation sites (N-methyl/N-ethyl adjacent to an activating group) is 1. The van der Waals surface area contributed by atoms with Crippen molar-refractivity contribution in [1.29, 1.82) is 0 Å². The van der Waals surface area contributed by atoms with Crippen molar-refractivity contribution in [1.82, 2.24) is 4.90 Å². The van der Waals surface area contributed by atoms with Crippen molar-refractivity contribution in [2.24, 2.45) is 0 Å². The molecule has 1 N–H and O–H groups in total. The molecule has 0 unspecified atom stereocenters. The monoisotopic (exact) mass is 295 g/mol. The molecule has 1 saturated heterocycles. The third kappa shape index (κ3) is 3.81. The minimum atomic E-state index is -0.748. The maximum absolute atomic E-state index is 10.4. The average Bonchev–Trinajstić information content (AvgIpc) is 2.48. The van der Waals surface area contributed by atoms with Crippen LogP contribution in [-0.4, -0.2) is 61.9 Å². The summed E-state index contributed by atoms with van der Waals surface area (Å²) in [5.74, 6) is 0. The van der Waals surface area contributed by atoms with Crippen molar-refractivity contribution in [3.05, 3.63) is 35.9 Å². The summed E-state index contributed by atoms with van der Waals surface area (Å²) >= 11 is 0. The van der Waals surface area contributed by atoms with Gasteiger partial charge >= 0.3 is 0 Å². The van der Waals surface area contributed by atoms with Gasteiger partial charge in [0, 0.05) is 7.11 Å². The number of rotatable bonds is 5. The van der Waals surface area contributed by atoms with Crippen LogP contribution in [0.15, 0.2) is 30.3 Å². The molecular weight excluding hydrogens is 270 g/mol. The van der Waals surface area contributed by atoms with Gasteiger partial charge in [-0.1, -0.05) is 30.3 Å². The maximum atomic E-state index is 10.4. The van der Waals surface area contributed by atoms with Gasteiger partial charge in [-0.3, -0.25) is 0 Å². The summed E-state index contributed by atoms with van der Waals surface area (Å²) in [4.78, 5) is 1.96. The molecule has 1 fully saturated rings. The minimum Gasteiger partial charge on any atom is -0.386 e. The second-order valence-corrected chi connectivity index (χ2v) is 5.65. The smallest absolute Gasteiger partial charge is 0.185 e. The van der Waals surface area contributed by atoms with Crippen LogP contribution in [0.5, 0.6) is 0 Å². The van der Waals surface area contributed by atoms with E-state index >= 15 is 0 Å². The first-order valence-electron chi connectivity index (χ1n) is 7.23. The van der Waals surface area contributed by atoms with Crippen molar-refractivity contribution < 1.29 is 19.3 Å². The van der Waals surface area contributed by atoms with Gasteiger partial charge in [-0.15, -0.1) is 0 Å². The Bertz CT molecular complexity index is 426. The summed E-state index contributed by atoms with van der Waals surface area (Å²) in [5.41, 5.74) is 1.10. The Morgan fingerprint density at radius 1 is 1.24 bits per heavy atom. The lowest BCUT2D eigenvalue weighted by Crippen LogP contribution is -2.62. The first-order chi connectivity index (χ1) is 10.0. The second-order valence-electron chi connectivity index (χ2n) is 5.65. The largest absolute Gasteiger partial charge is 0.386 e. The van der Waals surface area contributed by atoms with E-state index in [1.807, 2.05) is 56.3 Å². The summed E-state index contributed by atoms with van der Waals surface area (Å²) in [5, 5.41) is 10.4. The molecule has 5 nitrogen and oxygen atoms in total. The molecule has 5 heteroatoms. The molecule has 0 bridgehead atoms. The first-order valence-corrected chi connectivity index (χ1v) is 7.23. The topological polar surface area (TPSA) is 51.2 Å². The van der Waals surface area contributed by atoms with Crippen LogP contribution in [-0.2, 0) is 20.8 Å². The van der Waals surface area contributed by atoms with Gasteiger partial charge in [0.2, 0.25) is 0 Å². The Morgan fingerprint density at radius 2 is 1.90 bits per heavy atom. The minimum absolute atomic E-state index is 0.158. The fraction of sp³-hybridized carbons (Fsp3) is 0.625. The predicted molar refractivity (Wildman–Crippen MR) is 79.8 cm³/mol. The summed E-state index contributed by atoms with van der Waals surface area (Å²) in [6, 6.07) is 9.81. The normalized spacial score (nSPS) is 33.3. The van der Waals surface area contributed by atoms with Crippen LogP contribution >= 0.6 is 0 Å². The van der Waals surface area contributed by atoms with E-state index in [1.54, 1.807) is 7.11 Å². The number of methoxy groups -OCH3 is 1. The zero-order valence-electron chi connectivity index (χ0n) is 13.1. The molecule has 1 aromatic carbocycles. The van der Waals surface area contributed by atoms with Crippen LogP contribution < -0.4 is 0 Å². The Morgan fingerprint density at radius 3 is 2.48 bits per heavy atom. The van der Waals surface area contributed by atoms with E-state index in [0.717, 1.165) is 5.56 Å². The fourth-order valence-corrected chi connectivity index (χ4v) is 2.80. The SMILES string of the molecule is CO[C@H]1O[C@H](C)[C@@H](OCc2ccccc2)[C@H](N(C)C)[C@H]1O. The van der Waals surface area contributed by atoms with Crippen molar-refractivity contribution in [3.8, 4) is 0 Å². The lowest BCUT2D eigenvalue weighted by molar-refractivity contribution is -0.281. The second kappa shape index (κ2) is 7.33. The predicted octanol–water partition coefficient (Wildman–Crippen LogP) is 1.25. The number of hydrogen-bond acceptors (Lipinski definition) is 5. The highest BCUT2D eigenvalue weighted by molar-refractivity contribution is 5.13. The Hall–Kier alpha value is -0.980. The van der Waals surface area contributed by atoms with E-state index in [-0.39, 0.29) is 18.2 Å². The van der Waals surface area contributed by atoms with E-state index in [9.17, 15) is 5.11 Å². The third-order valence-corrected chi connectivity index (χ3v) is 3.89. The highest BCUT2D eigenvalue weighted by atomic mass is 16.7. The van der Waals surface area contributed by atoms with Crippen LogP contribution in [0, 0.1) is 0 Å². The van der Waals surface area contributed by atoms with Gasteiger partial charge in [0.25, 0.3) is 0 Å². The molecule has 1 aromatic rings. The number of aliphatic hydroxyl groups excluding tert-OH is 1. The van der Waals surface area contributed by atoms with Crippen molar-refractivity contribution >= 4 is 0 Å². The highest BCUT2D eigenvalue weighted by Crippen LogP contribution is 2.27. The maximum Gasteiger partial charge on any atom is 0.185 e. The molecule has 0 spiro atoms. The van der Waals surface area contributed by atoms with Crippen LogP contribution in [0.3, 0.4) is 0 Å². The van der Waals surface area contributed by atoms with Gasteiger partial charge < -0.3 is 24.2 Å². The molecule has 1 aliphatic rings. The highest BCUT2D eigenvalue weighted by Gasteiger charge is 2.45. The molecule has 118 valence electrons. The number of benzene rings is 1. The Balaban J connectivity index is 2.08. The average molecular weight is 295 g/mol. The number of nitrogens with zero attached hydrogens (tertiary/aromatic N) is 1. The fourth-order valence-electron chi connectivity index (χ4n) is 2.80. The van der Waals surface area contributed by atoms with Crippen LogP contribution in [0.4, 0.5) is 0 Å². The molecule has 0 aromatic heterocycles. The Labute approximate surface area is 126 Å². The molecule has 21 heavy (non-hydrogen) atoms. The summed E-state index contributed by atoms with van der Waals surface area (Å²) in [6.07, 6.45) is -1.75. The summed E-state index contributed by atoms with van der Waals surface area (Å²) < 4.78 is 17.0. The number of hydrogen-bond donors (Lipinski definition) is 1. The number of aliphatic hydroxyl groups is 1. The molecule has 0 amide bonds. The molecule has 5 atom stereocenters. The molecule has 2 rings (SSSR count). The molecule has 1 heterocycles. The summed E-state index contributed by atoms with van der Waals surface area (Å²) in [7, 11) is 5.40. The van der Waals surface area contributed by atoms with Gasteiger partial charge in [0.05, 0.1) is 18.8 Å². The van der Waals surface area contributed by atoms with Gasteiger partial charge in [-0.2, -0.15) is 0 Å². The number of ether oxygens (including phenoxy) is 3. The van der Waals surface area contributed by atoms with Gasteiger partial charge in [0.15, 0.2) is 6.29 Å². The molecule has 0 saturated carbocycles. The first kappa shape index (κ1) is 16.4. The van der Waals surface area contributed by atoms with Gasteiger partial charge in [0.1, 0.15) is 12.2 Å². The van der Waals surface area contributed by atoms with E-state index in [1.165, 1.54) is 0 Å². The zero-order chi connectivity index (χ0) is 15.4. The van der Waals surface area contributed by atoms with Crippen molar-refractivity contribution in [2.45, 2.75) is 44.2 Å². The van der Waals surface area contributed by atoms with Crippen molar-refractivity contribution in [2.75, 3.05) is 21.2 Å². The third-order valence-electron chi connectivity index (χ3n) is 3.89. The van der Waals surface area contributed by atoms with Crippen LogP contribution in [0.25, 0.3) is 0 Å². The molecule has 0 radical (unpaired) electrons. The van der Waals surface area contributed by atoms with E-state index in [0.29, 0.717) is 6.61 Å². The molecule has 0 aliphatic carbocycles. The van der Waals surface area contributed by atoms with E-state index in [2.05, 4.69) is 0 Å². The summed E-state index contributed by atoms with van der Waals surface area (Å²) in [6.45, 7) is 2.44. The quantitative estimate of drug-likeness (QED) is 0.886. The van der Waals surface area contributed by atoms with E-state index in [4.69, 9.17) is 14.2 Å². The van der Waals surface area contributed by atoms with Crippen LogP contribution in [0.2, 0.25) is 0 Å². The molecular formula is C16H25NO4.